The van der Waals surface area contributed by atoms with Crippen LogP contribution in [0.4, 0.5) is 0 Å². The summed E-state index contributed by atoms with van der Waals surface area (Å²) in [6, 6.07) is 3.69. The molecule has 13 heavy (non-hydrogen) atoms. The van der Waals surface area contributed by atoms with Gasteiger partial charge in [0.15, 0.2) is 0 Å². The van der Waals surface area contributed by atoms with Crippen LogP contribution in [0.25, 0.3) is 16.0 Å². The van der Waals surface area contributed by atoms with Crippen molar-refractivity contribution >= 4 is 5.52 Å². The Kier molecular flexibility index (Phi) is 1.82. The molecule has 6 nitrogen and oxygen atoms in total. The van der Waals surface area contributed by atoms with E-state index in [1.165, 1.54) is 4.63 Å². The molecule has 0 aliphatic heterocycles. The van der Waals surface area contributed by atoms with Gasteiger partial charge in [-0.05, 0) is 17.7 Å². The van der Waals surface area contributed by atoms with Crippen molar-refractivity contribution in [3.05, 3.63) is 40.5 Å². The third kappa shape index (κ3) is 1.30. The maximum atomic E-state index is 8.15. The van der Waals surface area contributed by atoms with Crippen LogP contribution in [0.15, 0.2) is 29.6 Å². The van der Waals surface area contributed by atoms with Crippen LogP contribution in [-0.2, 0) is 6.54 Å². The fraction of sp³-hybridized carbons (Fsp3) is 0.143. The lowest BCUT2D eigenvalue weighted by Crippen LogP contribution is -1.90. The standard InChI is InChI=1S/C7H6N6/c8-12-9-4-6-5-11-13-7(6)2-1-3-10-13/h1-3,5H,4H2. The average molecular weight is 174 g/mol. The zero-order chi connectivity index (χ0) is 9.10. The number of azide groups is 1. The van der Waals surface area contributed by atoms with Gasteiger partial charge in [-0.25, -0.2) is 0 Å². The van der Waals surface area contributed by atoms with Gasteiger partial charge in [0.2, 0.25) is 0 Å². The second-order valence-electron chi connectivity index (χ2n) is 2.46. The molecule has 6 heteroatoms. The van der Waals surface area contributed by atoms with Gasteiger partial charge in [-0.15, -0.1) is 0 Å². The number of nitrogens with zero attached hydrogens (tertiary/aromatic N) is 6. The van der Waals surface area contributed by atoms with Crippen LogP contribution in [0.5, 0.6) is 0 Å². The monoisotopic (exact) mass is 174 g/mol. The van der Waals surface area contributed by atoms with E-state index >= 15 is 0 Å². The van der Waals surface area contributed by atoms with Crippen molar-refractivity contribution in [3.8, 4) is 0 Å². The van der Waals surface area contributed by atoms with Gasteiger partial charge in [0.25, 0.3) is 0 Å². The molecule has 0 saturated carbocycles. The molecule has 0 aliphatic rings. The molecular formula is C7H6N6. The maximum Gasteiger partial charge on any atom is 0.0906 e. The minimum absolute atomic E-state index is 0.311. The lowest BCUT2D eigenvalue weighted by molar-refractivity contribution is 0.800. The van der Waals surface area contributed by atoms with Gasteiger partial charge in [0, 0.05) is 16.7 Å². The summed E-state index contributed by atoms with van der Waals surface area (Å²) >= 11 is 0. The van der Waals surface area contributed by atoms with Crippen molar-refractivity contribution in [3.63, 3.8) is 0 Å². The van der Waals surface area contributed by atoms with Crippen LogP contribution < -0.4 is 0 Å². The first-order valence-electron chi connectivity index (χ1n) is 3.70. The lowest BCUT2D eigenvalue weighted by Gasteiger charge is -1.91. The first-order valence-corrected chi connectivity index (χ1v) is 3.70. The number of hydrogen-bond donors (Lipinski definition) is 0. The molecule has 0 fully saturated rings. The van der Waals surface area contributed by atoms with E-state index < -0.39 is 0 Å². The number of fused-ring (bicyclic) bond motifs is 1. The highest BCUT2D eigenvalue weighted by molar-refractivity contribution is 5.51. The van der Waals surface area contributed by atoms with E-state index in [1.54, 1.807) is 12.4 Å². The Bertz CT molecular complexity index is 467. The molecule has 2 rings (SSSR count). The molecule has 2 aromatic heterocycles. The Morgan fingerprint density at radius 1 is 1.54 bits per heavy atom. The fourth-order valence-corrected chi connectivity index (χ4v) is 1.11. The predicted molar refractivity (Wildman–Crippen MR) is 45.8 cm³/mol. The maximum absolute atomic E-state index is 8.15. The molecule has 0 atom stereocenters. The smallest absolute Gasteiger partial charge is 0.0906 e. The minimum atomic E-state index is 0.311. The van der Waals surface area contributed by atoms with E-state index in [1.807, 2.05) is 12.1 Å². The molecule has 0 radical (unpaired) electrons. The summed E-state index contributed by atoms with van der Waals surface area (Å²) in [6.07, 6.45) is 3.30. The molecule has 0 bridgehead atoms. The van der Waals surface area contributed by atoms with Gasteiger partial charge in [0.1, 0.15) is 0 Å². The Labute approximate surface area is 73.4 Å². The van der Waals surface area contributed by atoms with Crippen LogP contribution in [0, 0.1) is 0 Å². The SMILES string of the molecule is [N-]=[N+]=NCc1cnn2ncccc12. The van der Waals surface area contributed by atoms with Crippen molar-refractivity contribution in [2.75, 3.05) is 0 Å². The predicted octanol–water partition coefficient (Wildman–Crippen LogP) is 1.54. The first kappa shape index (κ1) is 7.57. The third-order valence-corrected chi connectivity index (χ3v) is 1.69. The van der Waals surface area contributed by atoms with Gasteiger partial charge >= 0.3 is 0 Å². The van der Waals surface area contributed by atoms with Gasteiger partial charge in [-0.3, -0.25) is 0 Å². The topological polar surface area (TPSA) is 79.0 Å². The quantitative estimate of drug-likeness (QED) is 0.393. The fourth-order valence-electron chi connectivity index (χ4n) is 1.11. The summed E-state index contributed by atoms with van der Waals surface area (Å²) in [6.45, 7) is 0.311. The third-order valence-electron chi connectivity index (χ3n) is 1.69. The second-order valence-corrected chi connectivity index (χ2v) is 2.46. The number of hydrogen-bond acceptors (Lipinski definition) is 3. The Hall–Kier alpha value is -2.07. The number of aromatic nitrogens is 3. The summed E-state index contributed by atoms with van der Waals surface area (Å²) in [5.74, 6) is 0. The zero-order valence-electron chi connectivity index (χ0n) is 6.70. The van der Waals surface area contributed by atoms with Gasteiger partial charge in [-0.2, -0.15) is 14.8 Å². The first-order chi connectivity index (χ1) is 6.42. The van der Waals surface area contributed by atoms with Crippen molar-refractivity contribution in [1.82, 2.24) is 14.8 Å². The normalized spacial score (nSPS) is 9.85. The van der Waals surface area contributed by atoms with Crippen molar-refractivity contribution in [2.24, 2.45) is 5.11 Å². The molecule has 2 heterocycles. The van der Waals surface area contributed by atoms with Crippen molar-refractivity contribution in [1.29, 1.82) is 0 Å². The molecule has 2 aromatic rings. The Morgan fingerprint density at radius 2 is 2.46 bits per heavy atom. The summed E-state index contributed by atoms with van der Waals surface area (Å²) in [5.41, 5.74) is 9.90. The van der Waals surface area contributed by atoms with E-state index in [0.29, 0.717) is 6.54 Å². The largest absolute Gasteiger partial charge is 0.159 e. The van der Waals surface area contributed by atoms with Gasteiger partial charge in [-0.1, -0.05) is 5.11 Å². The molecule has 0 unspecified atom stereocenters. The van der Waals surface area contributed by atoms with Crippen LogP contribution in [0.3, 0.4) is 0 Å². The van der Waals surface area contributed by atoms with Crippen LogP contribution in [-0.4, -0.2) is 14.8 Å². The summed E-state index contributed by atoms with van der Waals surface area (Å²) in [7, 11) is 0. The number of rotatable bonds is 2. The molecule has 0 aliphatic carbocycles. The summed E-state index contributed by atoms with van der Waals surface area (Å²) < 4.78 is 1.50. The molecule has 0 N–H and O–H groups in total. The van der Waals surface area contributed by atoms with E-state index in [-0.39, 0.29) is 0 Å². The summed E-state index contributed by atoms with van der Waals surface area (Å²) in [5, 5.41) is 11.4. The highest BCUT2D eigenvalue weighted by Gasteiger charge is 2.01. The highest BCUT2D eigenvalue weighted by Crippen LogP contribution is 2.09. The van der Waals surface area contributed by atoms with E-state index in [2.05, 4.69) is 20.2 Å². The van der Waals surface area contributed by atoms with Crippen LogP contribution >= 0.6 is 0 Å². The highest BCUT2D eigenvalue weighted by atomic mass is 15.4. The minimum Gasteiger partial charge on any atom is -0.159 e. The molecule has 0 spiro atoms. The van der Waals surface area contributed by atoms with Crippen molar-refractivity contribution < 1.29 is 0 Å². The van der Waals surface area contributed by atoms with Gasteiger partial charge < -0.3 is 0 Å². The zero-order valence-corrected chi connectivity index (χ0v) is 6.70. The molecule has 0 aromatic carbocycles. The Morgan fingerprint density at radius 3 is 3.31 bits per heavy atom. The average Bonchev–Trinajstić information content (AvgIpc) is 2.58. The van der Waals surface area contributed by atoms with E-state index in [9.17, 15) is 0 Å². The van der Waals surface area contributed by atoms with Crippen LogP contribution in [0.2, 0.25) is 0 Å². The van der Waals surface area contributed by atoms with Gasteiger partial charge in [0.05, 0.1) is 18.3 Å². The van der Waals surface area contributed by atoms with E-state index in [4.69, 9.17) is 5.53 Å². The molecule has 0 saturated heterocycles. The Balaban J connectivity index is 2.51. The van der Waals surface area contributed by atoms with E-state index in [0.717, 1.165) is 11.1 Å². The van der Waals surface area contributed by atoms with Crippen LogP contribution in [0.1, 0.15) is 5.56 Å². The summed E-state index contributed by atoms with van der Waals surface area (Å²) in [4.78, 5) is 2.68. The second kappa shape index (κ2) is 3.12. The molecular weight excluding hydrogens is 168 g/mol. The molecule has 0 amide bonds. The molecule has 64 valence electrons. The lowest BCUT2D eigenvalue weighted by atomic mass is 10.3. The van der Waals surface area contributed by atoms with Crippen molar-refractivity contribution in [2.45, 2.75) is 6.54 Å².